The van der Waals surface area contributed by atoms with Crippen LogP contribution in [0.3, 0.4) is 0 Å². The fraction of sp³-hybridized carbons (Fsp3) is 1.00. The third kappa shape index (κ3) is 2.46. The Morgan fingerprint density at radius 2 is 2.08 bits per heavy atom. The van der Waals surface area contributed by atoms with Gasteiger partial charge in [0.25, 0.3) is 0 Å². The van der Waals surface area contributed by atoms with Gasteiger partial charge in [0.05, 0.1) is 0 Å². The molecule has 1 unspecified atom stereocenters. The maximum atomic E-state index is 3.69. The van der Waals surface area contributed by atoms with Crippen LogP contribution in [0, 0.1) is 5.92 Å². The summed E-state index contributed by atoms with van der Waals surface area (Å²) in [4.78, 5) is 2.44. The maximum absolute atomic E-state index is 3.69. The molecule has 1 N–H and O–H groups in total. The molecule has 0 radical (unpaired) electrons. The van der Waals surface area contributed by atoms with Crippen LogP contribution in [-0.2, 0) is 0 Å². The molecule has 0 spiro atoms. The number of piperazine rings is 1. The molecule has 1 heterocycles. The van der Waals surface area contributed by atoms with Crippen molar-refractivity contribution in [2.24, 2.45) is 5.92 Å². The number of nitrogens with one attached hydrogen (secondary N) is 1. The van der Waals surface area contributed by atoms with E-state index in [2.05, 4.69) is 38.0 Å². The summed E-state index contributed by atoms with van der Waals surface area (Å²) >= 11 is 0. The molecule has 0 amide bonds. The van der Waals surface area contributed by atoms with Crippen LogP contribution < -0.4 is 5.32 Å². The second kappa shape index (κ2) is 4.24. The van der Waals surface area contributed by atoms with Gasteiger partial charge in [-0.1, -0.05) is 20.8 Å². The Hall–Kier alpha value is -0.0800. The minimum atomic E-state index is 0.689. The van der Waals surface area contributed by atoms with E-state index < -0.39 is 0 Å². The van der Waals surface area contributed by atoms with Gasteiger partial charge >= 0.3 is 0 Å². The Kier molecular flexibility index (Phi) is 3.53. The summed E-state index contributed by atoms with van der Waals surface area (Å²) in [5, 5.41) is 3.69. The van der Waals surface area contributed by atoms with Gasteiger partial charge in [-0.15, -0.1) is 0 Å². The molecule has 12 heavy (non-hydrogen) atoms. The number of hydrogen-bond acceptors (Lipinski definition) is 2. The van der Waals surface area contributed by atoms with Gasteiger partial charge in [-0.2, -0.15) is 0 Å². The summed E-state index contributed by atoms with van der Waals surface area (Å²) < 4.78 is 0. The topological polar surface area (TPSA) is 15.3 Å². The molecule has 0 aromatic rings. The molecule has 1 aliphatic rings. The number of rotatable bonds is 2. The van der Waals surface area contributed by atoms with Crippen LogP contribution in [0.5, 0.6) is 0 Å². The number of hydrogen-bond donors (Lipinski definition) is 1. The van der Waals surface area contributed by atoms with Gasteiger partial charge in [-0.25, -0.2) is 0 Å². The van der Waals surface area contributed by atoms with E-state index >= 15 is 0 Å². The largest absolute Gasteiger partial charge is 0.308 e. The van der Waals surface area contributed by atoms with Crippen molar-refractivity contribution in [2.75, 3.05) is 20.1 Å². The molecule has 72 valence electrons. The molecule has 2 atom stereocenters. The minimum Gasteiger partial charge on any atom is -0.308 e. The zero-order valence-electron chi connectivity index (χ0n) is 8.80. The molecule has 1 fully saturated rings. The number of nitrogens with zero attached hydrogens (tertiary/aromatic N) is 1. The molecule has 0 aromatic heterocycles. The van der Waals surface area contributed by atoms with Crippen LogP contribution >= 0.6 is 0 Å². The Balaban J connectivity index is 2.45. The van der Waals surface area contributed by atoms with Gasteiger partial charge in [-0.05, 0) is 19.4 Å². The first kappa shape index (κ1) is 10.0. The minimum absolute atomic E-state index is 0.689. The summed E-state index contributed by atoms with van der Waals surface area (Å²) in [7, 11) is 2.22. The lowest BCUT2D eigenvalue weighted by molar-refractivity contribution is 0.162. The van der Waals surface area contributed by atoms with Crippen LogP contribution in [0.15, 0.2) is 0 Å². The first-order valence-corrected chi connectivity index (χ1v) is 5.08. The summed E-state index contributed by atoms with van der Waals surface area (Å²) in [5.41, 5.74) is 0. The van der Waals surface area contributed by atoms with E-state index in [0.717, 1.165) is 5.92 Å². The molecule has 0 saturated carbocycles. The van der Waals surface area contributed by atoms with Crippen molar-refractivity contribution in [3.05, 3.63) is 0 Å². The zero-order valence-corrected chi connectivity index (χ0v) is 8.80. The van der Waals surface area contributed by atoms with Crippen molar-refractivity contribution in [1.29, 1.82) is 0 Å². The SMILES string of the molecule is CCC1CN(C)C[C@H](C(C)C)N1. The van der Waals surface area contributed by atoms with E-state index in [1.165, 1.54) is 19.5 Å². The molecule has 0 aromatic carbocycles. The normalized spacial score (nSPS) is 32.8. The standard InChI is InChI=1S/C10H22N2/c1-5-9-6-12(4)7-10(11-9)8(2)3/h8-11H,5-7H2,1-4H3/t9?,10-/m1/s1. The Morgan fingerprint density at radius 3 is 2.58 bits per heavy atom. The van der Waals surface area contributed by atoms with Crippen LogP contribution in [-0.4, -0.2) is 37.1 Å². The number of likely N-dealkylation sites (N-methyl/N-ethyl adjacent to an activating group) is 1. The molecular weight excluding hydrogens is 148 g/mol. The van der Waals surface area contributed by atoms with Gasteiger partial charge < -0.3 is 10.2 Å². The van der Waals surface area contributed by atoms with E-state index in [4.69, 9.17) is 0 Å². The van der Waals surface area contributed by atoms with Crippen molar-refractivity contribution < 1.29 is 0 Å². The van der Waals surface area contributed by atoms with Crippen LogP contribution in [0.2, 0.25) is 0 Å². The summed E-state index contributed by atoms with van der Waals surface area (Å²) in [5.74, 6) is 0.752. The van der Waals surface area contributed by atoms with E-state index in [0.29, 0.717) is 12.1 Å². The first-order valence-electron chi connectivity index (χ1n) is 5.08. The highest BCUT2D eigenvalue weighted by atomic mass is 15.2. The highest BCUT2D eigenvalue weighted by molar-refractivity contribution is 4.85. The molecule has 2 heteroatoms. The summed E-state index contributed by atoms with van der Waals surface area (Å²) in [6.07, 6.45) is 1.24. The average Bonchev–Trinajstić information content (AvgIpc) is 2.03. The van der Waals surface area contributed by atoms with Gasteiger partial charge in [0.15, 0.2) is 0 Å². The van der Waals surface area contributed by atoms with Crippen LogP contribution in [0.4, 0.5) is 0 Å². The van der Waals surface area contributed by atoms with Crippen LogP contribution in [0.25, 0.3) is 0 Å². The summed E-state index contributed by atoms with van der Waals surface area (Å²) in [6.45, 7) is 9.26. The quantitative estimate of drug-likeness (QED) is 0.672. The molecular formula is C10H22N2. The average molecular weight is 170 g/mol. The third-order valence-corrected chi connectivity index (χ3v) is 2.79. The van der Waals surface area contributed by atoms with Crippen molar-refractivity contribution >= 4 is 0 Å². The van der Waals surface area contributed by atoms with Crippen molar-refractivity contribution in [3.63, 3.8) is 0 Å². The third-order valence-electron chi connectivity index (χ3n) is 2.79. The molecule has 1 aliphatic heterocycles. The smallest absolute Gasteiger partial charge is 0.0220 e. The lowest BCUT2D eigenvalue weighted by atomic mass is 9.99. The fourth-order valence-corrected chi connectivity index (χ4v) is 1.84. The predicted octanol–water partition coefficient (Wildman–Crippen LogP) is 1.32. The van der Waals surface area contributed by atoms with E-state index in [-0.39, 0.29) is 0 Å². The first-order chi connectivity index (χ1) is 5.63. The second-order valence-electron chi connectivity index (χ2n) is 4.34. The zero-order chi connectivity index (χ0) is 9.14. The van der Waals surface area contributed by atoms with Gasteiger partial charge in [0.1, 0.15) is 0 Å². The lowest BCUT2D eigenvalue weighted by Crippen LogP contribution is -2.56. The predicted molar refractivity (Wildman–Crippen MR) is 53.3 cm³/mol. The molecule has 1 rings (SSSR count). The maximum Gasteiger partial charge on any atom is 0.0220 e. The Labute approximate surface area is 76.3 Å². The second-order valence-corrected chi connectivity index (χ2v) is 4.34. The van der Waals surface area contributed by atoms with Crippen molar-refractivity contribution in [2.45, 2.75) is 39.3 Å². The fourth-order valence-electron chi connectivity index (χ4n) is 1.84. The van der Waals surface area contributed by atoms with E-state index in [9.17, 15) is 0 Å². The Bertz CT molecular complexity index is 134. The Morgan fingerprint density at radius 1 is 1.42 bits per heavy atom. The lowest BCUT2D eigenvalue weighted by Gasteiger charge is -2.38. The summed E-state index contributed by atoms with van der Waals surface area (Å²) in [6, 6.07) is 1.39. The molecule has 2 nitrogen and oxygen atoms in total. The van der Waals surface area contributed by atoms with Crippen LogP contribution in [0.1, 0.15) is 27.2 Å². The van der Waals surface area contributed by atoms with Gasteiger partial charge in [0, 0.05) is 25.2 Å². The van der Waals surface area contributed by atoms with Crippen molar-refractivity contribution in [3.8, 4) is 0 Å². The highest BCUT2D eigenvalue weighted by Crippen LogP contribution is 2.11. The molecule has 0 bridgehead atoms. The highest BCUT2D eigenvalue weighted by Gasteiger charge is 2.24. The van der Waals surface area contributed by atoms with Gasteiger partial charge in [-0.3, -0.25) is 0 Å². The van der Waals surface area contributed by atoms with E-state index in [1.54, 1.807) is 0 Å². The van der Waals surface area contributed by atoms with E-state index in [1.807, 2.05) is 0 Å². The molecule has 1 saturated heterocycles. The van der Waals surface area contributed by atoms with Crippen molar-refractivity contribution in [1.82, 2.24) is 10.2 Å². The monoisotopic (exact) mass is 170 g/mol. The van der Waals surface area contributed by atoms with Gasteiger partial charge in [0.2, 0.25) is 0 Å². The molecule has 0 aliphatic carbocycles.